The lowest BCUT2D eigenvalue weighted by atomic mass is 9.99. The SMILES string of the molecule is COc1cc2sc(C3=NNC(=O)CC3C)cc2cc1OCCN1CCNCC1.Cl. The molecule has 1 unspecified atom stereocenters. The van der Waals surface area contributed by atoms with Crippen molar-refractivity contribution in [1.29, 1.82) is 0 Å². The van der Waals surface area contributed by atoms with Crippen LogP contribution in [0.25, 0.3) is 10.1 Å². The van der Waals surface area contributed by atoms with E-state index < -0.39 is 0 Å². The molecule has 1 atom stereocenters. The summed E-state index contributed by atoms with van der Waals surface area (Å²) in [5.41, 5.74) is 3.53. The van der Waals surface area contributed by atoms with Gasteiger partial charge in [-0.1, -0.05) is 6.92 Å². The van der Waals surface area contributed by atoms with E-state index in [1.807, 2.05) is 19.1 Å². The van der Waals surface area contributed by atoms with Crippen LogP contribution in [0.4, 0.5) is 0 Å². The molecule has 2 aliphatic rings. The summed E-state index contributed by atoms with van der Waals surface area (Å²) >= 11 is 1.66. The van der Waals surface area contributed by atoms with E-state index in [4.69, 9.17) is 9.47 Å². The van der Waals surface area contributed by atoms with E-state index in [0.29, 0.717) is 13.0 Å². The molecule has 29 heavy (non-hydrogen) atoms. The smallest absolute Gasteiger partial charge is 0.240 e. The van der Waals surface area contributed by atoms with Gasteiger partial charge in [-0.15, -0.1) is 23.7 Å². The zero-order chi connectivity index (χ0) is 19.5. The number of rotatable bonds is 6. The molecule has 0 aliphatic carbocycles. The molecule has 2 N–H and O–H groups in total. The number of methoxy groups -OCH3 is 1. The predicted octanol–water partition coefficient (Wildman–Crippen LogP) is 2.48. The molecule has 158 valence electrons. The largest absolute Gasteiger partial charge is 0.493 e. The van der Waals surface area contributed by atoms with Gasteiger partial charge in [0.1, 0.15) is 6.61 Å². The zero-order valence-electron chi connectivity index (χ0n) is 16.7. The van der Waals surface area contributed by atoms with Crippen molar-refractivity contribution >= 4 is 45.4 Å². The number of fused-ring (bicyclic) bond motifs is 1. The number of carbonyl (C=O) groups excluding carboxylic acids is 1. The molecule has 0 spiro atoms. The molecule has 1 fully saturated rings. The first kappa shape index (κ1) is 21.8. The average Bonchev–Trinajstić information content (AvgIpc) is 3.10. The number of carbonyl (C=O) groups is 1. The lowest BCUT2D eigenvalue weighted by Gasteiger charge is -2.27. The highest BCUT2D eigenvalue weighted by atomic mass is 35.5. The number of hydrogen-bond donors (Lipinski definition) is 2. The van der Waals surface area contributed by atoms with Gasteiger partial charge in [0.15, 0.2) is 11.5 Å². The fourth-order valence-electron chi connectivity index (χ4n) is 3.62. The van der Waals surface area contributed by atoms with Crippen molar-refractivity contribution in [3.63, 3.8) is 0 Å². The number of hydrogen-bond acceptors (Lipinski definition) is 7. The average molecular weight is 439 g/mol. The van der Waals surface area contributed by atoms with Gasteiger partial charge in [-0.25, -0.2) is 5.43 Å². The van der Waals surface area contributed by atoms with Crippen molar-refractivity contribution < 1.29 is 14.3 Å². The summed E-state index contributed by atoms with van der Waals surface area (Å²) < 4.78 is 12.7. The summed E-state index contributed by atoms with van der Waals surface area (Å²) in [5.74, 6) is 1.59. The van der Waals surface area contributed by atoms with Crippen molar-refractivity contribution in [3.05, 3.63) is 23.1 Å². The van der Waals surface area contributed by atoms with Crippen LogP contribution in [0.15, 0.2) is 23.3 Å². The van der Waals surface area contributed by atoms with Crippen molar-refractivity contribution in [3.8, 4) is 11.5 Å². The molecule has 9 heteroatoms. The predicted molar refractivity (Wildman–Crippen MR) is 119 cm³/mol. The topological polar surface area (TPSA) is 75.2 Å². The van der Waals surface area contributed by atoms with E-state index in [2.05, 4.69) is 26.8 Å². The number of nitrogens with zero attached hydrogens (tertiary/aromatic N) is 2. The number of amides is 1. The summed E-state index contributed by atoms with van der Waals surface area (Å²) in [4.78, 5) is 15.0. The Hall–Kier alpha value is -1.87. The Labute approximate surface area is 180 Å². The van der Waals surface area contributed by atoms with Gasteiger partial charge < -0.3 is 14.8 Å². The summed E-state index contributed by atoms with van der Waals surface area (Å²) in [6.07, 6.45) is 0.469. The van der Waals surface area contributed by atoms with Gasteiger partial charge in [0, 0.05) is 55.8 Å². The molecule has 0 saturated carbocycles. The maximum absolute atomic E-state index is 11.5. The van der Waals surface area contributed by atoms with Crippen LogP contribution in [0.5, 0.6) is 11.5 Å². The third-order valence-corrected chi connectivity index (χ3v) is 6.31. The van der Waals surface area contributed by atoms with Crippen molar-refractivity contribution in [1.82, 2.24) is 15.6 Å². The molecule has 2 aliphatic heterocycles. The number of halogens is 1. The van der Waals surface area contributed by atoms with E-state index in [9.17, 15) is 4.79 Å². The number of nitrogens with one attached hydrogen (secondary N) is 2. The molecular weight excluding hydrogens is 412 g/mol. The van der Waals surface area contributed by atoms with Crippen LogP contribution in [0.1, 0.15) is 18.2 Å². The standard InChI is InChI=1S/C20H26N4O3S.ClH/c1-13-9-19(25)22-23-20(13)18-11-14-10-16(15(26-2)12-17(14)28-18)27-8-7-24-5-3-21-4-6-24;/h10-13,21H,3-9H2,1-2H3,(H,22,25);1H. The van der Waals surface area contributed by atoms with Gasteiger partial charge in [-0.2, -0.15) is 5.10 Å². The quantitative estimate of drug-likeness (QED) is 0.724. The molecule has 4 rings (SSSR count). The van der Waals surface area contributed by atoms with E-state index >= 15 is 0 Å². The molecular formula is C20H27ClN4O3S. The summed E-state index contributed by atoms with van der Waals surface area (Å²) in [6.45, 7) is 7.77. The minimum atomic E-state index is -0.0285. The van der Waals surface area contributed by atoms with Crippen LogP contribution in [0.3, 0.4) is 0 Å². The van der Waals surface area contributed by atoms with Crippen LogP contribution >= 0.6 is 23.7 Å². The lowest BCUT2D eigenvalue weighted by molar-refractivity contribution is -0.121. The number of hydrazone groups is 1. The Morgan fingerprint density at radius 1 is 1.24 bits per heavy atom. The molecule has 3 heterocycles. The lowest BCUT2D eigenvalue weighted by Crippen LogP contribution is -2.44. The van der Waals surface area contributed by atoms with Gasteiger partial charge in [0.25, 0.3) is 0 Å². The molecule has 1 saturated heterocycles. The van der Waals surface area contributed by atoms with Gasteiger partial charge in [0.2, 0.25) is 5.91 Å². The number of piperazine rings is 1. The van der Waals surface area contributed by atoms with Crippen molar-refractivity contribution in [2.45, 2.75) is 13.3 Å². The molecule has 0 radical (unpaired) electrons. The Morgan fingerprint density at radius 3 is 2.76 bits per heavy atom. The molecule has 1 aromatic heterocycles. The fourth-order valence-corrected chi connectivity index (χ4v) is 4.79. The van der Waals surface area contributed by atoms with E-state index in [1.54, 1.807) is 18.4 Å². The Balaban J connectivity index is 0.00000240. The maximum Gasteiger partial charge on any atom is 0.240 e. The highest BCUT2D eigenvalue weighted by molar-refractivity contribution is 7.21. The highest BCUT2D eigenvalue weighted by Gasteiger charge is 2.23. The maximum atomic E-state index is 11.5. The second-order valence-corrected chi connectivity index (χ2v) is 8.31. The second-order valence-electron chi connectivity index (χ2n) is 7.23. The highest BCUT2D eigenvalue weighted by Crippen LogP contribution is 2.37. The minimum Gasteiger partial charge on any atom is -0.493 e. The molecule has 1 aromatic carbocycles. The number of benzene rings is 1. The molecule has 2 aromatic rings. The molecule has 1 amide bonds. The second kappa shape index (κ2) is 9.75. The first-order valence-corrected chi connectivity index (χ1v) is 10.5. The summed E-state index contributed by atoms with van der Waals surface area (Å²) in [6, 6.07) is 6.18. The first-order chi connectivity index (χ1) is 13.6. The fraction of sp³-hybridized carbons (Fsp3) is 0.500. The Morgan fingerprint density at radius 2 is 2.03 bits per heavy atom. The van der Waals surface area contributed by atoms with E-state index in [0.717, 1.165) is 64.9 Å². The number of ether oxygens (including phenoxy) is 2. The summed E-state index contributed by atoms with van der Waals surface area (Å²) in [7, 11) is 1.67. The number of thiophene rings is 1. The van der Waals surface area contributed by atoms with Crippen molar-refractivity contribution in [2.75, 3.05) is 46.4 Å². The van der Waals surface area contributed by atoms with Gasteiger partial charge in [-0.05, 0) is 17.5 Å². The third-order valence-electron chi connectivity index (χ3n) is 5.19. The van der Waals surface area contributed by atoms with Crippen LogP contribution < -0.4 is 20.2 Å². The molecule has 0 bridgehead atoms. The van der Waals surface area contributed by atoms with E-state index in [1.165, 1.54) is 0 Å². The van der Waals surface area contributed by atoms with Crippen molar-refractivity contribution in [2.24, 2.45) is 11.0 Å². The van der Waals surface area contributed by atoms with Gasteiger partial charge in [0.05, 0.1) is 17.7 Å². The first-order valence-electron chi connectivity index (χ1n) is 9.68. The Bertz CT molecular complexity index is 895. The third kappa shape index (κ3) is 5.01. The normalized spacial score (nSPS) is 20.0. The minimum absolute atomic E-state index is 0. The van der Waals surface area contributed by atoms with Crippen LogP contribution in [0, 0.1) is 5.92 Å². The summed E-state index contributed by atoms with van der Waals surface area (Å²) in [5, 5.41) is 8.74. The zero-order valence-corrected chi connectivity index (χ0v) is 18.3. The monoisotopic (exact) mass is 438 g/mol. The van der Waals surface area contributed by atoms with Gasteiger partial charge >= 0.3 is 0 Å². The Kier molecular flexibility index (Phi) is 7.34. The van der Waals surface area contributed by atoms with Crippen LogP contribution in [0.2, 0.25) is 0 Å². The van der Waals surface area contributed by atoms with Crippen LogP contribution in [-0.4, -0.2) is 63.0 Å². The van der Waals surface area contributed by atoms with Crippen LogP contribution in [-0.2, 0) is 4.79 Å². The van der Waals surface area contributed by atoms with E-state index in [-0.39, 0.29) is 24.2 Å². The van der Waals surface area contributed by atoms with Gasteiger partial charge in [-0.3, -0.25) is 9.69 Å². The molecule has 7 nitrogen and oxygen atoms in total.